The Balaban J connectivity index is 1.84. The van der Waals surface area contributed by atoms with Crippen molar-refractivity contribution in [3.63, 3.8) is 0 Å². The van der Waals surface area contributed by atoms with Crippen LogP contribution in [0.15, 0.2) is 42.5 Å². The Bertz CT molecular complexity index is 1320. The van der Waals surface area contributed by atoms with Gasteiger partial charge in [-0.1, -0.05) is 37.3 Å². The molecule has 0 aromatic heterocycles. The van der Waals surface area contributed by atoms with E-state index in [2.05, 4.69) is 0 Å². The van der Waals surface area contributed by atoms with Crippen molar-refractivity contribution in [2.24, 2.45) is 5.92 Å². The number of rotatable bonds is 7. The molecule has 1 heterocycles. The topological polar surface area (TPSA) is 84.8 Å². The quantitative estimate of drug-likeness (QED) is 0.447. The van der Waals surface area contributed by atoms with Gasteiger partial charge in [0, 0.05) is 11.1 Å². The maximum atomic E-state index is 12.1. The lowest BCUT2D eigenvalue weighted by Crippen LogP contribution is -2.43. The summed E-state index contributed by atoms with van der Waals surface area (Å²) in [4.78, 5) is 0. The van der Waals surface area contributed by atoms with Crippen molar-refractivity contribution in [1.82, 2.24) is 0 Å². The number of ether oxygens (including phenoxy) is 7. The summed E-state index contributed by atoms with van der Waals surface area (Å²) >= 11 is 0. The first kappa shape index (κ1) is 26.0. The van der Waals surface area contributed by atoms with Crippen molar-refractivity contribution in [2.75, 3.05) is 35.2 Å². The SMILES string of the molecule is COc1cc2c(c(OC)c1OC)-c1c(cc3c(c1OC)OCO3)C[C@H](C)[C@@](C)(O)[C@H]2OCc1ccccc1. The van der Waals surface area contributed by atoms with Crippen LogP contribution in [0.2, 0.25) is 0 Å². The summed E-state index contributed by atoms with van der Waals surface area (Å²) in [5.74, 6) is 2.77. The lowest BCUT2D eigenvalue weighted by Gasteiger charge is -2.41. The summed E-state index contributed by atoms with van der Waals surface area (Å²) < 4.78 is 41.6. The van der Waals surface area contributed by atoms with E-state index < -0.39 is 11.7 Å². The number of aliphatic hydroxyl groups is 1. The van der Waals surface area contributed by atoms with Gasteiger partial charge in [0.05, 0.1) is 40.6 Å². The molecule has 38 heavy (non-hydrogen) atoms. The molecule has 1 aliphatic carbocycles. The van der Waals surface area contributed by atoms with Crippen LogP contribution in [0, 0.1) is 5.92 Å². The van der Waals surface area contributed by atoms with E-state index >= 15 is 0 Å². The highest BCUT2D eigenvalue weighted by Crippen LogP contribution is 2.59. The summed E-state index contributed by atoms with van der Waals surface area (Å²) in [6.45, 7) is 4.23. The molecule has 202 valence electrons. The first-order chi connectivity index (χ1) is 18.3. The molecular formula is C30H34O8. The van der Waals surface area contributed by atoms with E-state index in [0.717, 1.165) is 16.7 Å². The van der Waals surface area contributed by atoms with E-state index in [1.165, 1.54) is 0 Å². The van der Waals surface area contributed by atoms with Crippen LogP contribution < -0.4 is 28.4 Å². The monoisotopic (exact) mass is 522 g/mol. The van der Waals surface area contributed by atoms with E-state index in [-0.39, 0.29) is 12.7 Å². The average molecular weight is 523 g/mol. The zero-order chi connectivity index (χ0) is 27.0. The fraction of sp³-hybridized carbons (Fsp3) is 0.400. The van der Waals surface area contributed by atoms with Gasteiger partial charge in [0.15, 0.2) is 23.0 Å². The molecule has 1 aliphatic heterocycles. The third-order valence-electron chi connectivity index (χ3n) is 7.61. The van der Waals surface area contributed by atoms with Crippen molar-refractivity contribution in [3.05, 3.63) is 59.2 Å². The van der Waals surface area contributed by atoms with Gasteiger partial charge < -0.3 is 38.3 Å². The van der Waals surface area contributed by atoms with Gasteiger partial charge in [-0.2, -0.15) is 0 Å². The first-order valence-corrected chi connectivity index (χ1v) is 12.6. The van der Waals surface area contributed by atoms with Crippen LogP contribution in [0.5, 0.6) is 34.5 Å². The van der Waals surface area contributed by atoms with Crippen molar-refractivity contribution in [2.45, 2.75) is 38.6 Å². The molecule has 0 amide bonds. The van der Waals surface area contributed by atoms with Gasteiger partial charge in [0.2, 0.25) is 18.3 Å². The second-order valence-corrected chi connectivity index (χ2v) is 9.79. The highest BCUT2D eigenvalue weighted by Gasteiger charge is 2.45. The summed E-state index contributed by atoms with van der Waals surface area (Å²) in [5.41, 5.74) is 2.79. The van der Waals surface area contributed by atoms with Crippen LogP contribution in [0.25, 0.3) is 11.1 Å². The van der Waals surface area contributed by atoms with Gasteiger partial charge >= 0.3 is 0 Å². The standard InChI is InChI=1S/C30H34O8/c1-17-12-19-13-22-26(38-16-37-22)27(34-5)23(19)24-20(14-21(32-3)25(33-4)28(24)35-6)29(30(17,2)31)36-15-18-10-8-7-9-11-18/h7-11,13-14,17,29,31H,12,15-16H2,1-6H3/t17-,29-,30+/m0/s1. The largest absolute Gasteiger partial charge is 0.493 e. The molecule has 8 heteroatoms. The molecule has 3 atom stereocenters. The van der Waals surface area contributed by atoms with E-state index in [9.17, 15) is 5.11 Å². The van der Waals surface area contributed by atoms with Gasteiger partial charge in [-0.3, -0.25) is 0 Å². The summed E-state index contributed by atoms with van der Waals surface area (Å²) in [5, 5.41) is 12.1. The normalized spacial score (nSPS) is 21.6. The average Bonchev–Trinajstić information content (AvgIpc) is 3.39. The molecule has 0 saturated carbocycles. The van der Waals surface area contributed by atoms with E-state index in [0.29, 0.717) is 58.7 Å². The van der Waals surface area contributed by atoms with Gasteiger partial charge in [-0.05, 0) is 48.1 Å². The van der Waals surface area contributed by atoms with Crippen molar-refractivity contribution in [1.29, 1.82) is 0 Å². The molecule has 0 spiro atoms. The van der Waals surface area contributed by atoms with Crippen LogP contribution in [-0.4, -0.2) is 45.9 Å². The van der Waals surface area contributed by atoms with E-state index in [1.54, 1.807) is 28.4 Å². The van der Waals surface area contributed by atoms with Crippen LogP contribution in [-0.2, 0) is 17.8 Å². The van der Waals surface area contributed by atoms with E-state index in [1.807, 2.05) is 56.3 Å². The molecule has 0 bridgehead atoms. The molecular weight excluding hydrogens is 488 g/mol. The maximum absolute atomic E-state index is 12.1. The Morgan fingerprint density at radius 3 is 2.26 bits per heavy atom. The Kier molecular flexibility index (Phi) is 7.03. The van der Waals surface area contributed by atoms with Crippen LogP contribution >= 0.6 is 0 Å². The van der Waals surface area contributed by atoms with Gasteiger partial charge in [-0.25, -0.2) is 0 Å². The van der Waals surface area contributed by atoms with Crippen LogP contribution in [0.1, 0.15) is 36.6 Å². The predicted octanol–water partition coefficient (Wildman–Crippen LogP) is 5.32. The van der Waals surface area contributed by atoms with Crippen LogP contribution in [0.3, 0.4) is 0 Å². The van der Waals surface area contributed by atoms with Gasteiger partial charge in [0.1, 0.15) is 6.10 Å². The maximum Gasteiger partial charge on any atom is 0.231 e. The molecule has 1 N–H and O–H groups in total. The Labute approximate surface area is 223 Å². The predicted molar refractivity (Wildman–Crippen MR) is 142 cm³/mol. The van der Waals surface area contributed by atoms with Crippen molar-refractivity contribution >= 4 is 0 Å². The molecule has 3 aromatic carbocycles. The second kappa shape index (κ2) is 10.3. The summed E-state index contributed by atoms with van der Waals surface area (Å²) in [6.07, 6.45) is -0.220. The van der Waals surface area contributed by atoms with E-state index in [4.69, 9.17) is 33.2 Å². The molecule has 2 aliphatic rings. The first-order valence-electron chi connectivity index (χ1n) is 12.6. The highest BCUT2D eigenvalue weighted by molar-refractivity contribution is 5.89. The lowest BCUT2D eigenvalue weighted by atomic mass is 9.73. The summed E-state index contributed by atoms with van der Waals surface area (Å²) in [7, 11) is 6.32. The minimum absolute atomic E-state index is 0.0978. The number of fused-ring (bicyclic) bond motifs is 4. The number of methoxy groups -OCH3 is 4. The molecule has 0 saturated heterocycles. The molecule has 0 fully saturated rings. The minimum Gasteiger partial charge on any atom is -0.493 e. The summed E-state index contributed by atoms with van der Waals surface area (Å²) in [6, 6.07) is 13.7. The third kappa shape index (κ3) is 4.18. The van der Waals surface area contributed by atoms with Gasteiger partial charge in [0.25, 0.3) is 0 Å². The van der Waals surface area contributed by atoms with Crippen LogP contribution in [0.4, 0.5) is 0 Å². The molecule has 0 unspecified atom stereocenters. The van der Waals surface area contributed by atoms with Gasteiger partial charge in [-0.15, -0.1) is 0 Å². The zero-order valence-electron chi connectivity index (χ0n) is 22.6. The Morgan fingerprint density at radius 2 is 1.61 bits per heavy atom. The number of hydrogen-bond acceptors (Lipinski definition) is 8. The molecule has 5 rings (SSSR count). The Morgan fingerprint density at radius 1 is 0.895 bits per heavy atom. The smallest absolute Gasteiger partial charge is 0.231 e. The molecule has 0 radical (unpaired) electrons. The Hall–Kier alpha value is -3.62. The number of hydrogen-bond donors (Lipinski definition) is 1. The minimum atomic E-state index is -1.27. The molecule has 8 nitrogen and oxygen atoms in total. The fourth-order valence-electron chi connectivity index (χ4n) is 5.45. The highest BCUT2D eigenvalue weighted by atomic mass is 16.7. The fourth-order valence-corrected chi connectivity index (χ4v) is 5.45. The third-order valence-corrected chi connectivity index (χ3v) is 7.61. The van der Waals surface area contributed by atoms with Crippen molar-refractivity contribution in [3.8, 4) is 45.6 Å². The second-order valence-electron chi connectivity index (χ2n) is 9.79. The molecule has 3 aromatic rings. The zero-order valence-corrected chi connectivity index (χ0v) is 22.6. The van der Waals surface area contributed by atoms with Crippen molar-refractivity contribution < 1.29 is 38.3 Å². The lowest BCUT2D eigenvalue weighted by molar-refractivity contribution is -0.135. The number of benzene rings is 3.